The number of carbonyl (C=O) groups excluding carboxylic acids is 1. The number of ether oxygens (including phenoxy) is 1. The maximum atomic E-state index is 17.2. The average molecular weight is 865 g/mol. The number of rotatable bonds is 32. The van der Waals surface area contributed by atoms with Crippen LogP contribution in [0.5, 0.6) is 0 Å². The smallest absolute Gasteiger partial charge is 0.449 e. The van der Waals surface area contributed by atoms with Crippen molar-refractivity contribution in [3.63, 3.8) is 0 Å². The van der Waals surface area contributed by atoms with Gasteiger partial charge >= 0.3 is 35.4 Å². The summed E-state index contributed by atoms with van der Waals surface area (Å²) in [5.74, 6) is -5.47. The number of phosphoric ester groups is 3. The molecule has 1 aromatic rings. The van der Waals surface area contributed by atoms with Crippen LogP contribution < -0.4 is 0 Å². The zero-order valence-corrected chi connectivity index (χ0v) is 36.6. The highest BCUT2D eigenvalue weighted by Gasteiger charge is 2.65. The average Bonchev–Trinajstić information content (AvgIpc) is 3.16. The third-order valence-electron chi connectivity index (χ3n) is 8.42. The largest absolute Gasteiger partial charge is 0.475 e. The minimum Gasteiger partial charge on any atom is -0.449 e. The van der Waals surface area contributed by atoms with Gasteiger partial charge in [-0.25, -0.2) is 18.5 Å². The van der Waals surface area contributed by atoms with Crippen molar-refractivity contribution in [3.8, 4) is 0 Å². The van der Waals surface area contributed by atoms with E-state index in [9.17, 15) is 18.5 Å². The molecule has 326 valence electrons. The number of hydrogen-bond donors (Lipinski definition) is 0. The topological polar surface area (TPSA) is 161 Å². The second kappa shape index (κ2) is 26.9. The maximum Gasteiger partial charge on any atom is 0.475 e. The predicted octanol–water partition coefficient (Wildman–Crippen LogP) is 11.6. The molecule has 1 fully saturated rings. The molecular formula is C37H65F2O14P3. The Kier molecular flexibility index (Phi) is 24.5. The third kappa shape index (κ3) is 17.6. The van der Waals surface area contributed by atoms with Crippen LogP contribution in [-0.4, -0.2) is 75.9 Å². The van der Waals surface area contributed by atoms with Gasteiger partial charge in [0, 0.05) is 6.42 Å². The molecule has 0 aliphatic heterocycles. The zero-order valence-electron chi connectivity index (χ0n) is 33.9. The lowest BCUT2D eigenvalue weighted by Crippen LogP contribution is -2.63. The summed E-state index contributed by atoms with van der Waals surface area (Å²) in [5, 5.41) is 0. The van der Waals surface area contributed by atoms with E-state index in [-0.39, 0.29) is 45.2 Å². The van der Waals surface area contributed by atoms with Crippen LogP contribution in [0.25, 0.3) is 0 Å². The van der Waals surface area contributed by atoms with Gasteiger partial charge in [0.15, 0.2) is 6.10 Å². The molecule has 1 aliphatic rings. The Balaban J connectivity index is 2.81. The molecule has 0 amide bonds. The number of unbranched alkanes of at least 4 members (excludes halogenated alkanes) is 6. The molecule has 0 bridgehead atoms. The fourth-order valence-corrected chi connectivity index (χ4v) is 9.36. The third-order valence-corrected chi connectivity index (χ3v) is 13.0. The highest BCUT2D eigenvalue weighted by atomic mass is 31.2. The summed E-state index contributed by atoms with van der Waals surface area (Å²) < 4.78 is 134. The summed E-state index contributed by atoms with van der Waals surface area (Å²) in [6.45, 7) is 10.5. The van der Waals surface area contributed by atoms with Crippen LogP contribution in [0.3, 0.4) is 0 Å². The van der Waals surface area contributed by atoms with Gasteiger partial charge in [-0.15, -0.1) is 0 Å². The molecule has 1 aliphatic carbocycles. The molecular weight excluding hydrogens is 799 g/mol. The fourth-order valence-electron chi connectivity index (χ4n) is 5.03. The molecule has 0 spiro atoms. The Hall–Kier alpha value is -1.12. The summed E-state index contributed by atoms with van der Waals surface area (Å²) in [6, 6.07) is 7.33. The highest BCUT2D eigenvalue weighted by molar-refractivity contribution is 7.49. The Labute approximate surface area is 332 Å². The molecule has 19 heteroatoms. The molecule has 0 saturated heterocycles. The van der Waals surface area contributed by atoms with Crippen molar-refractivity contribution < 1.29 is 72.7 Å². The number of esters is 1. The monoisotopic (exact) mass is 864 g/mol. The zero-order chi connectivity index (χ0) is 41.5. The standard InChI is InChI=1S/C37H65F2O14P3/c1-7-13-24-44-54(41,45-25-14-8-2)51-32-30-33(52-55(42,46-26-15-9-3)47-27-16-10-4)37(38,39)35(50-36(40)31-22-20-19-21-23-31)34(32)53-56(43,48-28-17-11-5)49-29-18-12-6/h19-23,32-35H,7-18,24-30H2,1-6H3/t32-,33+,34+,35-/m1/s1. The van der Waals surface area contributed by atoms with Crippen LogP contribution in [0.2, 0.25) is 0 Å². The summed E-state index contributed by atoms with van der Waals surface area (Å²) >= 11 is 0. The van der Waals surface area contributed by atoms with Crippen molar-refractivity contribution >= 4 is 29.4 Å². The van der Waals surface area contributed by atoms with Gasteiger partial charge in [-0.2, -0.15) is 8.78 Å². The minimum atomic E-state index is -4.73. The lowest BCUT2D eigenvalue weighted by Gasteiger charge is -2.45. The van der Waals surface area contributed by atoms with E-state index < -0.39 is 66.2 Å². The Morgan fingerprint density at radius 3 is 1.32 bits per heavy atom. The Morgan fingerprint density at radius 2 is 0.946 bits per heavy atom. The second-order valence-corrected chi connectivity index (χ2v) is 18.2. The molecule has 1 aromatic carbocycles. The van der Waals surface area contributed by atoms with Gasteiger partial charge in [0.1, 0.15) is 18.3 Å². The van der Waals surface area contributed by atoms with Crippen LogP contribution in [-0.2, 0) is 59.1 Å². The van der Waals surface area contributed by atoms with Gasteiger partial charge in [-0.1, -0.05) is 98.3 Å². The van der Waals surface area contributed by atoms with E-state index in [4.69, 9.17) is 45.5 Å². The fraction of sp³-hybridized carbons (Fsp3) is 0.811. The van der Waals surface area contributed by atoms with Gasteiger partial charge in [0.2, 0.25) is 0 Å². The number of hydrogen-bond acceptors (Lipinski definition) is 14. The maximum absolute atomic E-state index is 17.2. The molecule has 0 N–H and O–H groups in total. The highest BCUT2D eigenvalue weighted by Crippen LogP contribution is 2.61. The number of benzene rings is 1. The van der Waals surface area contributed by atoms with Gasteiger partial charge in [-0.3, -0.25) is 40.7 Å². The second-order valence-electron chi connectivity index (χ2n) is 13.4. The van der Waals surface area contributed by atoms with E-state index in [1.807, 2.05) is 41.5 Å². The quantitative estimate of drug-likeness (QED) is 0.0382. The van der Waals surface area contributed by atoms with Crippen molar-refractivity contribution in [2.24, 2.45) is 0 Å². The van der Waals surface area contributed by atoms with Gasteiger partial charge in [0.05, 0.1) is 45.2 Å². The van der Waals surface area contributed by atoms with Crippen LogP contribution in [0, 0.1) is 0 Å². The van der Waals surface area contributed by atoms with Gasteiger partial charge in [0.25, 0.3) is 0 Å². The van der Waals surface area contributed by atoms with Gasteiger partial charge in [-0.05, 0) is 50.7 Å². The van der Waals surface area contributed by atoms with Crippen LogP contribution in [0.15, 0.2) is 30.3 Å². The summed E-state index contributed by atoms with van der Waals surface area (Å²) in [6.07, 6.45) is -3.62. The first kappa shape index (κ1) is 51.0. The molecule has 0 radical (unpaired) electrons. The van der Waals surface area contributed by atoms with Crippen LogP contribution in [0.1, 0.15) is 135 Å². The van der Waals surface area contributed by atoms with E-state index in [0.29, 0.717) is 77.0 Å². The van der Waals surface area contributed by atoms with E-state index in [0.717, 1.165) is 0 Å². The van der Waals surface area contributed by atoms with Crippen LogP contribution >= 0.6 is 23.5 Å². The van der Waals surface area contributed by atoms with Crippen molar-refractivity contribution in [1.82, 2.24) is 0 Å². The molecule has 1 saturated carbocycles. The number of halogens is 2. The van der Waals surface area contributed by atoms with E-state index in [1.54, 1.807) is 6.07 Å². The van der Waals surface area contributed by atoms with Crippen LogP contribution in [0.4, 0.5) is 8.78 Å². The molecule has 4 atom stereocenters. The lowest BCUT2D eigenvalue weighted by atomic mass is 9.86. The van der Waals surface area contributed by atoms with Crippen molar-refractivity contribution in [3.05, 3.63) is 35.9 Å². The van der Waals surface area contributed by atoms with Crippen molar-refractivity contribution in [2.75, 3.05) is 39.6 Å². The number of carbonyl (C=O) groups is 1. The molecule has 14 nitrogen and oxygen atoms in total. The first-order chi connectivity index (χ1) is 26.8. The Bertz CT molecular complexity index is 1330. The first-order valence-corrected chi connectivity index (χ1v) is 24.5. The molecule has 0 unspecified atom stereocenters. The minimum absolute atomic E-state index is 0.0782. The summed E-state index contributed by atoms with van der Waals surface area (Å²) in [5.41, 5.74) is -0.0999. The molecule has 56 heavy (non-hydrogen) atoms. The first-order valence-electron chi connectivity index (χ1n) is 20.1. The van der Waals surface area contributed by atoms with Crippen molar-refractivity contribution in [1.29, 1.82) is 0 Å². The Morgan fingerprint density at radius 1 is 0.589 bits per heavy atom. The van der Waals surface area contributed by atoms with E-state index in [1.165, 1.54) is 24.3 Å². The number of phosphoric acid groups is 3. The normalized spacial score (nSPS) is 20.3. The SMILES string of the molecule is CCCCOP(=O)(OCCCC)O[C@@H]1[C@@H](OC(=O)c2ccccc2)C(F)(F)[C@@H](OP(=O)(OCCCC)OCCCC)C[C@H]1OP(=O)(OCCCC)OCCCC. The summed E-state index contributed by atoms with van der Waals surface area (Å²) in [4.78, 5) is 13.6. The summed E-state index contributed by atoms with van der Waals surface area (Å²) in [7, 11) is -14.1. The lowest BCUT2D eigenvalue weighted by molar-refractivity contribution is -0.244. The van der Waals surface area contributed by atoms with Crippen molar-refractivity contribution in [2.45, 2.75) is 155 Å². The van der Waals surface area contributed by atoms with E-state index in [2.05, 4.69) is 0 Å². The van der Waals surface area contributed by atoms with Gasteiger partial charge < -0.3 is 4.74 Å². The predicted molar refractivity (Wildman–Crippen MR) is 208 cm³/mol. The number of alkyl halides is 2. The molecule has 0 heterocycles. The molecule has 2 rings (SSSR count). The molecule has 0 aromatic heterocycles. The van der Waals surface area contributed by atoms with E-state index >= 15 is 8.78 Å².